The number of carbonyl (C=O) groups excluding carboxylic acids is 1. The highest BCUT2D eigenvalue weighted by Crippen LogP contribution is 2.35. The van der Waals surface area contributed by atoms with Gasteiger partial charge in [-0.15, -0.1) is 0 Å². The number of hydrogen-bond donors (Lipinski definition) is 2. The van der Waals surface area contributed by atoms with Crippen molar-refractivity contribution < 1.29 is 13.9 Å². The summed E-state index contributed by atoms with van der Waals surface area (Å²) in [6.07, 6.45) is 7.37. The summed E-state index contributed by atoms with van der Waals surface area (Å²) in [6, 6.07) is 5.32. The third-order valence-electron chi connectivity index (χ3n) is 7.18. The Morgan fingerprint density at radius 1 is 1.18 bits per heavy atom. The number of rotatable bonds is 6. The SMILES string of the molecule is Cc1cc(F)ccc1Cc1nc2cnc(NC3CCOCC3)nc2n1C1CCC(C(N)=O)CC1. The van der Waals surface area contributed by atoms with Crippen molar-refractivity contribution in [1.29, 1.82) is 0 Å². The van der Waals surface area contributed by atoms with E-state index in [9.17, 15) is 9.18 Å². The molecule has 5 rings (SSSR count). The lowest BCUT2D eigenvalue weighted by Crippen LogP contribution is -2.29. The highest BCUT2D eigenvalue weighted by molar-refractivity contribution is 5.76. The van der Waals surface area contributed by atoms with Gasteiger partial charge in [-0.2, -0.15) is 4.98 Å². The van der Waals surface area contributed by atoms with Crippen LogP contribution in [0.15, 0.2) is 24.4 Å². The van der Waals surface area contributed by atoms with Gasteiger partial charge in [-0.05, 0) is 68.7 Å². The zero-order chi connectivity index (χ0) is 23.7. The normalized spacial score (nSPS) is 21.6. The molecule has 8 nitrogen and oxygen atoms in total. The first-order valence-electron chi connectivity index (χ1n) is 12.1. The van der Waals surface area contributed by atoms with E-state index in [-0.39, 0.29) is 29.7 Å². The van der Waals surface area contributed by atoms with Gasteiger partial charge in [0.25, 0.3) is 0 Å². The molecule has 1 amide bonds. The molecule has 0 bridgehead atoms. The number of fused-ring (bicyclic) bond motifs is 1. The number of nitrogens with one attached hydrogen (secondary N) is 1. The van der Waals surface area contributed by atoms with Crippen LogP contribution in [0.25, 0.3) is 11.2 Å². The predicted molar refractivity (Wildman–Crippen MR) is 127 cm³/mol. The van der Waals surface area contributed by atoms with Gasteiger partial charge in [0.1, 0.15) is 17.2 Å². The summed E-state index contributed by atoms with van der Waals surface area (Å²) in [6.45, 7) is 3.39. The molecule has 180 valence electrons. The maximum Gasteiger partial charge on any atom is 0.224 e. The van der Waals surface area contributed by atoms with Gasteiger partial charge >= 0.3 is 0 Å². The van der Waals surface area contributed by atoms with Gasteiger partial charge in [0, 0.05) is 37.6 Å². The first kappa shape index (κ1) is 22.7. The van der Waals surface area contributed by atoms with Crippen molar-refractivity contribution in [3.8, 4) is 0 Å². The maximum atomic E-state index is 13.7. The molecule has 0 unspecified atom stereocenters. The number of imidazole rings is 1. The van der Waals surface area contributed by atoms with Crippen LogP contribution in [0.5, 0.6) is 0 Å². The largest absolute Gasteiger partial charge is 0.381 e. The van der Waals surface area contributed by atoms with Crippen LogP contribution in [0.1, 0.15) is 61.5 Å². The molecule has 1 aromatic carbocycles. The van der Waals surface area contributed by atoms with Gasteiger partial charge in [-0.25, -0.2) is 14.4 Å². The summed E-state index contributed by atoms with van der Waals surface area (Å²) in [7, 11) is 0. The lowest BCUT2D eigenvalue weighted by Gasteiger charge is -2.29. The number of anilines is 1. The summed E-state index contributed by atoms with van der Waals surface area (Å²) >= 11 is 0. The number of hydrogen-bond acceptors (Lipinski definition) is 6. The smallest absolute Gasteiger partial charge is 0.224 e. The number of halogens is 1. The van der Waals surface area contributed by atoms with Crippen LogP contribution in [-0.2, 0) is 16.0 Å². The minimum absolute atomic E-state index is 0.0748. The molecule has 3 aromatic rings. The Balaban J connectivity index is 1.50. The number of carbonyl (C=O) groups is 1. The second kappa shape index (κ2) is 9.66. The molecule has 2 aromatic heterocycles. The first-order valence-corrected chi connectivity index (χ1v) is 12.1. The first-order chi connectivity index (χ1) is 16.5. The second-order valence-electron chi connectivity index (χ2n) is 9.49. The minimum Gasteiger partial charge on any atom is -0.381 e. The van der Waals surface area contributed by atoms with E-state index >= 15 is 0 Å². The fourth-order valence-corrected chi connectivity index (χ4v) is 5.19. The summed E-state index contributed by atoms with van der Waals surface area (Å²) in [5, 5.41) is 3.45. The number of aromatic nitrogens is 4. The Hall–Kier alpha value is -3.07. The lowest BCUT2D eigenvalue weighted by atomic mass is 9.85. The fourth-order valence-electron chi connectivity index (χ4n) is 5.19. The molecular weight excluding hydrogens is 435 g/mol. The van der Waals surface area contributed by atoms with Gasteiger partial charge in [-0.3, -0.25) is 4.79 Å². The molecule has 3 N–H and O–H groups in total. The van der Waals surface area contributed by atoms with Crippen molar-refractivity contribution in [1.82, 2.24) is 19.5 Å². The third kappa shape index (κ3) is 4.75. The zero-order valence-electron chi connectivity index (χ0n) is 19.5. The Morgan fingerprint density at radius 2 is 1.94 bits per heavy atom. The standard InChI is InChI=1S/C25H31FN6O2/c1-15-12-18(26)5-2-17(15)13-22-30-21-14-28-25(29-19-8-10-34-11-9-19)31-24(21)32(22)20-6-3-16(4-7-20)23(27)33/h2,5,12,14,16,19-20H,3-4,6-11,13H2,1H3,(H2,27,33)(H,28,29,31). The van der Waals surface area contributed by atoms with Crippen LogP contribution >= 0.6 is 0 Å². The van der Waals surface area contributed by atoms with E-state index in [4.69, 9.17) is 20.4 Å². The van der Waals surface area contributed by atoms with E-state index in [0.717, 1.165) is 79.9 Å². The van der Waals surface area contributed by atoms with Crippen LogP contribution < -0.4 is 11.1 Å². The topological polar surface area (TPSA) is 108 Å². The quantitative estimate of drug-likeness (QED) is 0.574. The average molecular weight is 467 g/mol. The average Bonchev–Trinajstić information content (AvgIpc) is 3.19. The van der Waals surface area contributed by atoms with Gasteiger partial charge in [0.2, 0.25) is 11.9 Å². The van der Waals surface area contributed by atoms with Crippen LogP contribution in [0.2, 0.25) is 0 Å². The molecule has 9 heteroatoms. The van der Waals surface area contributed by atoms with Crippen molar-refractivity contribution in [3.63, 3.8) is 0 Å². The fraction of sp³-hybridized carbons (Fsp3) is 0.520. The van der Waals surface area contributed by atoms with E-state index in [1.807, 2.05) is 13.0 Å². The Bertz CT molecular complexity index is 1180. The van der Waals surface area contributed by atoms with Crippen LogP contribution in [0.4, 0.5) is 10.3 Å². The molecule has 1 saturated heterocycles. The van der Waals surface area contributed by atoms with E-state index in [0.29, 0.717) is 12.4 Å². The maximum absolute atomic E-state index is 13.7. The van der Waals surface area contributed by atoms with E-state index < -0.39 is 0 Å². The van der Waals surface area contributed by atoms with Crippen molar-refractivity contribution in [3.05, 3.63) is 47.2 Å². The van der Waals surface area contributed by atoms with Gasteiger partial charge < -0.3 is 20.4 Å². The molecule has 34 heavy (non-hydrogen) atoms. The van der Waals surface area contributed by atoms with Crippen molar-refractivity contribution in [2.24, 2.45) is 11.7 Å². The molecule has 0 spiro atoms. The monoisotopic (exact) mass is 466 g/mol. The molecule has 0 radical (unpaired) electrons. The van der Waals surface area contributed by atoms with Crippen molar-refractivity contribution in [2.75, 3.05) is 18.5 Å². The number of ether oxygens (including phenoxy) is 1. The number of nitrogens with zero attached hydrogens (tertiary/aromatic N) is 4. The van der Waals surface area contributed by atoms with Crippen LogP contribution in [0.3, 0.4) is 0 Å². The number of primary amides is 1. The molecule has 2 fully saturated rings. The van der Waals surface area contributed by atoms with E-state index in [1.54, 1.807) is 12.3 Å². The number of aryl methyl sites for hydroxylation is 1. The Labute approximate surface area is 198 Å². The van der Waals surface area contributed by atoms with Gasteiger partial charge in [0.05, 0.1) is 6.20 Å². The molecule has 1 saturated carbocycles. The van der Waals surface area contributed by atoms with Gasteiger partial charge in [-0.1, -0.05) is 6.07 Å². The lowest BCUT2D eigenvalue weighted by molar-refractivity contribution is -0.122. The van der Waals surface area contributed by atoms with Crippen molar-refractivity contribution >= 4 is 23.0 Å². The number of nitrogens with two attached hydrogens (primary N) is 1. The molecule has 1 aliphatic heterocycles. The van der Waals surface area contributed by atoms with E-state index in [2.05, 4.69) is 14.9 Å². The molecule has 2 aliphatic rings. The van der Waals surface area contributed by atoms with Crippen LogP contribution in [0, 0.1) is 18.7 Å². The highest BCUT2D eigenvalue weighted by atomic mass is 19.1. The Morgan fingerprint density at radius 3 is 2.65 bits per heavy atom. The minimum atomic E-state index is -0.241. The number of amides is 1. The molecule has 3 heterocycles. The van der Waals surface area contributed by atoms with E-state index in [1.165, 1.54) is 6.07 Å². The zero-order valence-corrected chi connectivity index (χ0v) is 19.5. The molecule has 1 aliphatic carbocycles. The Kier molecular flexibility index (Phi) is 6.45. The van der Waals surface area contributed by atoms with Crippen molar-refractivity contribution in [2.45, 2.75) is 64.0 Å². The van der Waals surface area contributed by atoms with Crippen LogP contribution in [-0.4, -0.2) is 44.7 Å². The van der Waals surface area contributed by atoms with Gasteiger partial charge in [0.15, 0.2) is 5.65 Å². The molecular formula is C25H31FN6O2. The summed E-state index contributed by atoms with van der Waals surface area (Å²) < 4.78 is 21.3. The number of benzene rings is 1. The molecule has 0 atom stereocenters. The highest BCUT2D eigenvalue weighted by Gasteiger charge is 2.29. The summed E-state index contributed by atoms with van der Waals surface area (Å²) in [5.74, 6) is 0.936. The second-order valence-corrected chi connectivity index (χ2v) is 9.49. The predicted octanol–water partition coefficient (Wildman–Crippen LogP) is 3.67. The third-order valence-corrected chi connectivity index (χ3v) is 7.18. The summed E-state index contributed by atoms with van der Waals surface area (Å²) in [4.78, 5) is 26.0. The summed E-state index contributed by atoms with van der Waals surface area (Å²) in [5.41, 5.74) is 9.02.